The van der Waals surface area contributed by atoms with E-state index in [1.807, 2.05) is 6.07 Å². The van der Waals surface area contributed by atoms with Crippen molar-refractivity contribution in [3.63, 3.8) is 0 Å². The van der Waals surface area contributed by atoms with Crippen LogP contribution in [0.2, 0.25) is 0 Å². The van der Waals surface area contributed by atoms with Gasteiger partial charge in [0, 0.05) is 42.8 Å². The summed E-state index contributed by atoms with van der Waals surface area (Å²) in [5.41, 5.74) is 0.782. The van der Waals surface area contributed by atoms with Crippen molar-refractivity contribution in [2.24, 2.45) is 0 Å². The molecule has 2 rings (SSSR count). The molecule has 17 heavy (non-hydrogen) atoms. The summed E-state index contributed by atoms with van der Waals surface area (Å²) < 4.78 is 14.6. The minimum absolute atomic E-state index is 0.105. The molecule has 0 aromatic heterocycles. The van der Waals surface area contributed by atoms with Gasteiger partial charge in [-0.15, -0.1) is 0 Å². The number of hydrogen-bond acceptors (Lipinski definition) is 2. The molecule has 4 heteroatoms. The molecule has 0 unspecified atom stereocenters. The number of benzene rings is 1. The molecule has 1 aromatic carbocycles. The molecule has 1 saturated heterocycles. The fraction of sp³-hybridized carbons (Fsp3) is 0.538. The van der Waals surface area contributed by atoms with Crippen LogP contribution in [0, 0.1) is 5.82 Å². The van der Waals surface area contributed by atoms with Gasteiger partial charge in [0.2, 0.25) is 0 Å². The molecule has 0 spiro atoms. The maximum absolute atomic E-state index is 13.6. The largest absolute Gasteiger partial charge is 0.301 e. The van der Waals surface area contributed by atoms with Gasteiger partial charge in [-0.25, -0.2) is 4.39 Å². The number of rotatable bonds is 3. The monoisotopic (exact) mass is 300 g/mol. The molecule has 1 heterocycles. The van der Waals surface area contributed by atoms with Crippen molar-refractivity contribution in [2.45, 2.75) is 13.5 Å². The molecular formula is C13H18BrFN2. The Morgan fingerprint density at radius 1 is 1.18 bits per heavy atom. The second kappa shape index (κ2) is 5.94. The highest BCUT2D eigenvalue weighted by Gasteiger charge is 2.16. The predicted molar refractivity (Wildman–Crippen MR) is 71.5 cm³/mol. The lowest BCUT2D eigenvalue weighted by molar-refractivity contribution is 0.131. The first-order valence-corrected chi connectivity index (χ1v) is 6.87. The van der Waals surface area contributed by atoms with Crippen LogP contribution in [0.4, 0.5) is 4.39 Å². The van der Waals surface area contributed by atoms with Gasteiger partial charge in [0.15, 0.2) is 0 Å². The molecule has 0 amide bonds. The number of nitrogens with zero attached hydrogens (tertiary/aromatic N) is 2. The number of halogens is 2. The van der Waals surface area contributed by atoms with E-state index < -0.39 is 0 Å². The minimum Gasteiger partial charge on any atom is -0.301 e. The van der Waals surface area contributed by atoms with Crippen LogP contribution >= 0.6 is 15.9 Å². The van der Waals surface area contributed by atoms with E-state index in [9.17, 15) is 4.39 Å². The Labute approximate surface area is 111 Å². The molecule has 94 valence electrons. The molecule has 1 aliphatic rings. The fourth-order valence-electron chi connectivity index (χ4n) is 2.17. The SMILES string of the molecule is CCN1CCN(Cc2cc(Br)ccc2F)CC1. The Kier molecular flexibility index (Phi) is 4.54. The molecule has 1 fully saturated rings. The summed E-state index contributed by atoms with van der Waals surface area (Å²) in [5, 5.41) is 0. The van der Waals surface area contributed by atoms with Gasteiger partial charge in [-0.3, -0.25) is 4.90 Å². The van der Waals surface area contributed by atoms with Crippen molar-refractivity contribution in [3.05, 3.63) is 34.1 Å². The number of piperazine rings is 1. The highest BCUT2D eigenvalue weighted by molar-refractivity contribution is 9.10. The lowest BCUT2D eigenvalue weighted by Crippen LogP contribution is -2.45. The Bertz CT molecular complexity index is 376. The van der Waals surface area contributed by atoms with Crippen LogP contribution in [0.15, 0.2) is 22.7 Å². The predicted octanol–water partition coefficient (Wildman–Crippen LogP) is 2.73. The van der Waals surface area contributed by atoms with Gasteiger partial charge in [0.1, 0.15) is 5.82 Å². The highest BCUT2D eigenvalue weighted by Crippen LogP contribution is 2.17. The summed E-state index contributed by atoms with van der Waals surface area (Å²) in [6.07, 6.45) is 0. The first-order chi connectivity index (χ1) is 8.19. The maximum atomic E-state index is 13.6. The van der Waals surface area contributed by atoms with E-state index in [-0.39, 0.29) is 5.82 Å². The third kappa shape index (κ3) is 3.50. The summed E-state index contributed by atoms with van der Waals surface area (Å²) in [5.74, 6) is -0.105. The topological polar surface area (TPSA) is 6.48 Å². The van der Waals surface area contributed by atoms with Crippen LogP contribution in [0.25, 0.3) is 0 Å². The van der Waals surface area contributed by atoms with E-state index >= 15 is 0 Å². The minimum atomic E-state index is -0.105. The van der Waals surface area contributed by atoms with Gasteiger partial charge in [0.25, 0.3) is 0 Å². The van der Waals surface area contributed by atoms with Crippen LogP contribution in [-0.4, -0.2) is 42.5 Å². The second-order valence-corrected chi connectivity index (χ2v) is 5.36. The van der Waals surface area contributed by atoms with Gasteiger partial charge in [0.05, 0.1) is 0 Å². The quantitative estimate of drug-likeness (QED) is 0.847. The zero-order valence-electron chi connectivity index (χ0n) is 10.1. The van der Waals surface area contributed by atoms with Crippen molar-refractivity contribution < 1.29 is 4.39 Å². The van der Waals surface area contributed by atoms with Crippen molar-refractivity contribution >= 4 is 15.9 Å². The molecular weight excluding hydrogens is 283 g/mol. The smallest absolute Gasteiger partial charge is 0.127 e. The second-order valence-electron chi connectivity index (χ2n) is 4.45. The lowest BCUT2D eigenvalue weighted by Gasteiger charge is -2.34. The lowest BCUT2D eigenvalue weighted by atomic mass is 10.2. The summed E-state index contributed by atoms with van der Waals surface area (Å²) in [7, 11) is 0. The van der Waals surface area contributed by atoms with Crippen LogP contribution in [0.3, 0.4) is 0 Å². The van der Waals surface area contributed by atoms with E-state index in [0.717, 1.165) is 42.8 Å². The van der Waals surface area contributed by atoms with Crippen LogP contribution in [-0.2, 0) is 6.54 Å². The van der Waals surface area contributed by atoms with Crippen molar-refractivity contribution in [1.82, 2.24) is 9.80 Å². The molecule has 0 saturated carbocycles. The van der Waals surface area contributed by atoms with E-state index in [2.05, 4.69) is 32.7 Å². The van der Waals surface area contributed by atoms with Gasteiger partial charge in [-0.2, -0.15) is 0 Å². The third-order valence-corrected chi connectivity index (χ3v) is 3.81. The summed E-state index contributed by atoms with van der Waals surface area (Å²) in [6.45, 7) is 8.24. The third-order valence-electron chi connectivity index (χ3n) is 3.31. The Hall–Kier alpha value is -0.450. The average molecular weight is 301 g/mol. The van der Waals surface area contributed by atoms with E-state index in [0.29, 0.717) is 6.54 Å². The molecule has 0 radical (unpaired) electrons. The summed E-state index contributed by atoms with van der Waals surface area (Å²) in [6, 6.07) is 5.15. The van der Waals surface area contributed by atoms with Gasteiger partial charge in [-0.1, -0.05) is 22.9 Å². The standard InChI is InChI=1S/C13H18BrFN2/c1-2-16-5-7-17(8-6-16)10-11-9-12(14)3-4-13(11)15/h3-4,9H,2,5-8,10H2,1H3. The van der Waals surface area contributed by atoms with E-state index in [1.165, 1.54) is 6.07 Å². The van der Waals surface area contributed by atoms with Crippen LogP contribution in [0.5, 0.6) is 0 Å². The van der Waals surface area contributed by atoms with E-state index in [1.54, 1.807) is 6.07 Å². The average Bonchev–Trinajstić information content (AvgIpc) is 2.35. The zero-order chi connectivity index (χ0) is 12.3. The fourth-order valence-corrected chi connectivity index (χ4v) is 2.58. The van der Waals surface area contributed by atoms with Gasteiger partial charge in [-0.05, 0) is 24.7 Å². The van der Waals surface area contributed by atoms with Crippen molar-refractivity contribution in [1.29, 1.82) is 0 Å². The molecule has 1 aromatic rings. The van der Waals surface area contributed by atoms with Crippen molar-refractivity contribution in [2.75, 3.05) is 32.7 Å². The highest BCUT2D eigenvalue weighted by atomic mass is 79.9. The molecule has 0 bridgehead atoms. The first kappa shape index (κ1) is 13.0. The molecule has 1 aliphatic heterocycles. The first-order valence-electron chi connectivity index (χ1n) is 6.07. The van der Waals surface area contributed by atoms with Crippen molar-refractivity contribution in [3.8, 4) is 0 Å². The van der Waals surface area contributed by atoms with Gasteiger partial charge >= 0.3 is 0 Å². The number of hydrogen-bond donors (Lipinski definition) is 0. The Morgan fingerprint density at radius 3 is 2.47 bits per heavy atom. The Balaban J connectivity index is 1.95. The van der Waals surface area contributed by atoms with Crippen LogP contribution < -0.4 is 0 Å². The van der Waals surface area contributed by atoms with Gasteiger partial charge < -0.3 is 4.90 Å². The summed E-state index contributed by atoms with van der Waals surface area (Å²) in [4.78, 5) is 4.74. The summed E-state index contributed by atoms with van der Waals surface area (Å²) >= 11 is 3.39. The maximum Gasteiger partial charge on any atom is 0.127 e. The molecule has 2 nitrogen and oxygen atoms in total. The molecule has 0 aliphatic carbocycles. The number of likely N-dealkylation sites (N-methyl/N-ethyl adjacent to an activating group) is 1. The zero-order valence-corrected chi connectivity index (χ0v) is 11.7. The molecule has 0 atom stereocenters. The van der Waals surface area contributed by atoms with E-state index in [4.69, 9.17) is 0 Å². The molecule has 0 N–H and O–H groups in total. The van der Waals surface area contributed by atoms with Crippen LogP contribution in [0.1, 0.15) is 12.5 Å². The Morgan fingerprint density at radius 2 is 1.82 bits per heavy atom. The normalized spacial score (nSPS) is 18.5.